The zero-order valence-electron chi connectivity index (χ0n) is 18.7. The number of aromatic amines is 1. The van der Waals surface area contributed by atoms with Gasteiger partial charge in [0.1, 0.15) is 16.5 Å². The number of imidazole rings is 1. The zero-order chi connectivity index (χ0) is 22.8. The molecule has 2 N–H and O–H groups in total. The number of hydrogen-bond acceptors (Lipinski definition) is 6. The van der Waals surface area contributed by atoms with Gasteiger partial charge in [-0.15, -0.1) is 23.1 Å². The van der Waals surface area contributed by atoms with Crippen molar-refractivity contribution in [2.75, 3.05) is 6.54 Å². The molecule has 0 spiro atoms. The number of hydrogen-bond donors (Lipinski definition) is 2. The average molecular weight is 470 g/mol. The molecule has 168 valence electrons. The highest BCUT2D eigenvalue weighted by molar-refractivity contribution is 7.99. The highest BCUT2D eigenvalue weighted by Gasteiger charge is 2.16. The molecular weight excluding hydrogens is 442 g/mol. The van der Waals surface area contributed by atoms with Crippen LogP contribution in [0.3, 0.4) is 0 Å². The van der Waals surface area contributed by atoms with Crippen LogP contribution in [0.15, 0.2) is 29.1 Å². The van der Waals surface area contributed by atoms with Crippen LogP contribution in [0.2, 0.25) is 0 Å². The maximum Gasteiger partial charge on any atom is 0.259 e. The molecule has 3 aromatic heterocycles. The minimum absolute atomic E-state index is 0.00607. The van der Waals surface area contributed by atoms with E-state index in [9.17, 15) is 9.59 Å². The minimum atomic E-state index is -0.237. The Morgan fingerprint density at radius 2 is 2.03 bits per heavy atom. The number of carbonyl (C=O) groups excluding carboxylic acids is 1. The molecule has 0 aliphatic rings. The van der Waals surface area contributed by atoms with E-state index < -0.39 is 0 Å². The summed E-state index contributed by atoms with van der Waals surface area (Å²) in [6, 6.07) is 8.09. The van der Waals surface area contributed by atoms with Crippen LogP contribution >= 0.6 is 23.1 Å². The van der Waals surface area contributed by atoms with Crippen molar-refractivity contribution in [3.63, 3.8) is 0 Å². The number of fused-ring (bicyclic) bond motifs is 2. The molecule has 9 heteroatoms. The summed E-state index contributed by atoms with van der Waals surface area (Å²) in [5, 5.41) is 3.45. The first-order valence-electron chi connectivity index (χ1n) is 10.6. The quantitative estimate of drug-likeness (QED) is 0.379. The molecule has 1 aromatic carbocycles. The lowest BCUT2D eigenvalue weighted by Gasteiger charge is -2.12. The number of rotatable bonds is 8. The third-order valence-corrected chi connectivity index (χ3v) is 7.89. The molecule has 0 aliphatic heterocycles. The van der Waals surface area contributed by atoms with E-state index in [4.69, 9.17) is 0 Å². The normalized spacial score (nSPS) is 12.5. The van der Waals surface area contributed by atoms with Crippen LogP contribution in [-0.2, 0) is 17.1 Å². The van der Waals surface area contributed by atoms with Crippen molar-refractivity contribution in [1.82, 2.24) is 24.8 Å². The Morgan fingerprint density at radius 1 is 1.25 bits per heavy atom. The molecule has 0 radical (unpaired) electrons. The van der Waals surface area contributed by atoms with Crippen molar-refractivity contribution in [3.05, 3.63) is 56.7 Å². The Labute approximate surface area is 194 Å². The molecule has 3 heterocycles. The number of aromatic nitrogens is 4. The average Bonchev–Trinajstić information content (AvgIpc) is 3.24. The molecule has 0 saturated carbocycles. The molecule has 1 amide bonds. The fourth-order valence-electron chi connectivity index (χ4n) is 3.72. The van der Waals surface area contributed by atoms with Gasteiger partial charge in [-0.3, -0.25) is 9.59 Å². The number of carbonyl (C=O) groups is 1. The molecule has 0 fully saturated rings. The van der Waals surface area contributed by atoms with Crippen LogP contribution in [0.5, 0.6) is 0 Å². The van der Waals surface area contributed by atoms with Gasteiger partial charge in [0.2, 0.25) is 5.91 Å². The zero-order valence-corrected chi connectivity index (χ0v) is 20.3. The number of thioether (sulfide) groups is 1. The molecule has 1 unspecified atom stereocenters. The highest BCUT2D eigenvalue weighted by atomic mass is 32.2. The molecule has 0 bridgehead atoms. The molecule has 32 heavy (non-hydrogen) atoms. The lowest BCUT2D eigenvalue weighted by atomic mass is 10.2. The van der Waals surface area contributed by atoms with Gasteiger partial charge in [-0.05, 0) is 51.8 Å². The molecule has 0 saturated heterocycles. The van der Waals surface area contributed by atoms with Crippen molar-refractivity contribution in [2.24, 2.45) is 0 Å². The Bertz CT molecular complexity index is 1340. The van der Waals surface area contributed by atoms with E-state index >= 15 is 0 Å². The summed E-state index contributed by atoms with van der Waals surface area (Å²) in [5.41, 5.74) is 3.00. The van der Waals surface area contributed by atoms with Crippen LogP contribution in [0.1, 0.15) is 35.4 Å². The summed E-state index contributed by atoms with van der Waals surface area (Å²) in [6.07, 6.45) is 0.826. The van der Waals surface area contributed by atoms with E-state index in [0.717, 1.165) is 45.1 Å². The predicted molar refractivity (Wildman–Crippen MR) is 133 cm³/mol. The monoisotopic (exact) mass is 469 g/mol. The van der Waals surface area contributed by atoms with Gasteiger partial charge < -0.3 is 14.9 Å². The van der Waals surface area contributed by atoms with Gasteiger partial charge in [0.05, 0.1) is 27.4 Å². The topological polar surface area (TPSA) is 92.7 Å². The van der Waals surface area contributed by atoms with Crippen molar-refractivity contribution in [3.8, 4) is 0 Å². The molecular formula is C23H27N5O2S2. The van der Waals surface area contributed by atoms with Crippen LogP contribution in [0.4, 0.5) is 0 Å². The number of H-pyrrole nitrogens is 1. The summed E-state index contributed by atoms with van der Waals surface area (Å²) in [6.45, 7) is 9.24. The van der Waals surface area contributed by atoms with E-state index in [2.05, 4.69) is 30.9 Å². The second kappa shape index (κ2) is 9.46. The van der Waals surface area contributed by atoms with Gasteiger partial charge in [0, 0.05) is 18.0 Å². The highest BCUT2D eigenvalue weighted by Crippen LogP contribution is 2.26. The maximum absolute atomic E-state index is 12.5. The standard InChI is InChI=1S/C23H27N5O2S2/c1-13-14(2)32-23-20(13)22(30)26-19(27-23)12-31-15(3)21(29)24-10-7-11-28-16(4)25-17-8-5-6-9-18(17)28/h5-6,8-9,15H,7,10-12H2,1-4H3,(H,24,29)(H,26,27,30). The lowest BCUT2D eigenvalue weighted by Crippen LogP contribution is -2.32. The molecule has 1 atom stereocenters. The van der Waals surface area contributed by atoms with Crippen LogP contribution < -0.4 is 10.9 Å². The fraction of sp³-hybridized carbons (Fsp3) is 0.391. The van der Waals surface area contributed by atoms with Crippen molar-refractivity contribution < 1.29 is 4.79 Å². The van der Waals surface area contributed by atoms with Gasteiger partial charge in [-0.2, -0.15) is 0 Å². The number of aryl methyl sites for hydroxylation is 4. The Hall–Kier alpha value is -2.65. The van der Waals surface area contributed by atoms with Crippen LogP contribution in [0, 0.1) is 20.8 Å². The molecule has 4 rings (SSSR count). The second-order valence-corrected chi connectivity index (χ2v) is 10.4. The summed E-state index contributed by atoms with van der Waals surface area (Å²) < 4.78 is 2.19. The number of amides is 1. The molecule has 7 nitrogen and oxygen atoms in total. The third-order valence-electron chi connectivity index (χ3n) is 5.63. The first-order valence-corrected chi connectivity index (χ1v) is 12.5. The minimum Gasteiger partial charge on any atom is -0.355 e. The van der Waals surface area contributed by atoms with E-state index in [-0.39, 0.29) is 16.7 Å². The van der Waals surface area contributed by atoms with Gasteiger partial charge in [0.25, 0.3) is 5.56 Å². The lowest BCUT2D eigenvalue weighted by molar-refractivity contribution is -0.120. The van der Waals surface area contributed by atoms with Gasteiger partial charge in [-0.1, -0.05) is 12.1 Å². The largest absolute Gasteiger partial charge is 0.355 e. The van der Waals surface area contributed by atoms with E-state index in [1.165, 1.54) is 23.1 Å². The van der Waals surface area contributed by atoms with Crippen molar-refractivity contribution >= 4 is 50.3 Å². The van der Waals surface area contributed by atoms with E-state index in [1.807, 2.05) is 45.9 Å². The number of benzene rings is 1. The smallest absolute Gasteiger partial charge is 0.259 e. The predicted octanol–water partition coefficient (Wildman–Crippen LogP) is 4.09. The van der Waals surface area contributed by atoms with Crippen molar-refractivity contribution in [2.45, 2.75) is 51.7 Å². The van der Waals surface area contributed by atoms with Crippen LogP contribution in [-0.4, -0.2) is 37.2 Å². The number of nitrogens with one attached hydrogen (secondary N) is 2. The Morgan fingerprint density at radius 3 is 2.84 bits per heavy atom. The van der Waals surface area contributed by atoms with Crippen LogP contribution in [0.25, 0.3) is 21.3 Å². The summed E-state index contributed by atoms with van der Waals surface area (Å²) in [5.74, 6) is 2.07. The number of para-hydroxylation sites is 2. The van der Waals surface area contributed by atoms with Gasteiger partial charge >= 0.3 is 0 Å². The van der Waals surface area contributed by atoms with Gasteiger partial charge in [-0.25, -0.2) is 9.97 Å². The van der Waals surface area contributed by atoms with Gasteiger partial charge in [0.15, 0.2) is 0 Å². The molecule has 0 aliphatic carbocycles. The second-order valence-electron chi connectivity index (χ2n) is 7.87. The SMILES string of the molecule is Cc1sc2nc(CSC(C)C(=O)NCCCn3c(C)nc4ccccc43)[nH]c(=O)c2c1C. The summed E-state index contributed by atoms with van der Waals surface area (Å²) in [7, 11) is 0. The first-order chi connectivity index (χ1) is 15.3. The first kappa shape index (κ1) is 22.5. The maximum atomic E-state index is 12.5. The fourth-order valence-corrected chi connectivity index (χ4v) is 5.55. The number of nitrogens with zero attached hydrogens (tertiary/aromatic N) is 3. The summed E-state index contributed by atoms with van der Waals surface area (Å²) in [4.78, 5) is 38.8. The summed E-state index contributed by atoms with van der Waals surface area (Å²) >= 11 is 3.01. The van der Waals surface area contributed by atoms with E-state index in [0.29, 0.717) is 23.5 Å². The van der Waals surface area contributed by atoms with E-state index in [1.54, 1.807) is 0 Å². The Balaban J connectivity index is 1.27. The third kappa shape index (κ3) is 4.59. The number of thiophene rings is 1. The molecule has 4 aromatic rings. The van der Waals surface area contributed by atoms with Crippen molar-refractivity contribution in [1.29, 1.82) is 0 Å². The Kier molecular flexibility index (Phi) is 6.66.